The number of amides is 1. The first kappa shape index (κ1) is 17.3. The standard InChI is InChI=1S/C16H26N2O3/c1-4-13(2)18-16(19)9-10-17-11-12-21-15-8-6-5-7-14(15)20-3/h5-8,13,17H,4,9-12H2,1-3H3,(H,18,19). The number of benzene rings is 1. The van der Waals surface area contributed by atoms with Crippen molar-refractivity contribution in [1.29, 1.82) is 0 Å². The first-order chi connectivity index (χ1) is 10.2. The minimum absolute atomic E-state index is 0.0856. The third-order valence-electron chi connectivity index (χ3n) is 3.15. The Bertz CT molecular complexity index is 424. The van der Waals surface area contributed by atoms with Gasteiger partial charge in [0.15, 0.2) is 11.5 Å². The summed E-state index contributed by atoms with van der Waals surface area (Å²) in [6.07, 6.45) is 1.44. The lowest BCUT2D eigenvalue weighted by Gasteiger charge is -2.12. The van der Waals surface area contributed by atoms with Gasteiger partial charge in [0, 0.05) is 25.6 Å². The summed E-state index contributed by atoms with van der Waals surface area (Å²) in [6, 6.07) is 7.79. The van der Waals surface area contributed by atoms with Crippen LogP contribution in [0.15, 0.2) is 24.3 Å². The Morgan fingerprint density at radius 3 is 2.62 bits per heavy atom. The van der Waals surface area contributed by atoms with Crippen molar-refractivity contribution >= 4 is 5.91 Å². The number of hydrogen-bond acceptors (Lipinski definition) is 4. The van der Waals surface area contributed by atoms with Crippen molar-refractivity contribution in [2.75, 3.05) is 26.8 Å². The summed E-state index contributed by atoms with van der Waals surface area (Å²) in [6.45, 7) is 5.93. The molecule has 0 aliphatic rings. The van der Waals surface area contributed by atoms with Crippen molar-refractivity contribution in [2.24, 2.45) is 0 Å². The number of methoxy groups -OCH3 is 1. The molecule has 0 bridgehead atoms. The van der Waals surface area contributed by atoms with Crippen molar-refractivity contribution in [3.63, 3.8) is 0 Å². The topological polar surface area (TPSA) is 59.6 Å². The summed E-state index contributed by atoms with van der Waals surface area (Å²) in [5, 5.41) is 6.12. The quantitative estimate of drug-likeness (QED) is 0.648. The Morgan fingerprint density at radius 1 is 1.24 bits per heavy atom. The highest BCUT2D eigenvalue weighted by Crippen LogP contribution is 2.25. The number of carbonyl (C=O) groups excluding carboxylic acids is 1. The molecular weight excluding hydrogens is 268 g/mol. The van der Waals surface area contributed by atoms with Gasteiger partial charge < -0.3 is 20.1 Å². The maximum atomic E-state index is 11.6. The zero-order chi connectivity index (χ0) is 15.5. The van der Waals surface area contributed by atoms with Crippen LogP contribution in [0.3, 0.4) is 0 Å². The number of para-hydroxylation sites is 2. The highest BCUT2D eigenvalue weighted by Gasteiger charge is 2.05. The molecule has 5 nitrogen and oxygen atoms in total. The van der Waals surface area contributed by atoms with Crippen molar-refractivity contribution in [3.05, 3.63) is 24.3 Å². The molecule has 0 radical (unpaired) electrons. The average molecular weight is 294 g/mol. The molecule has 1 atom stereocenters. The second-order valence-electron chi connectivity index (χ2n) is 4.88. The van der Waals surface area contributed by atoms with E-state index in [-0.39, 0.29) is 11.9 Å². The predicted molar refractivity (Wildman–Crippen MR) is 83.9 cm³/mol. The fourth-order valence-electron chi connectivity index (χ4n) is 1.75. The molecule has 0 spiro atoms. The van der Waals surface area contributed by atoms with Gasteiger partial charge in [0.2, 0.25) is 5.91 Å². The summed E-state index contributed by atoms with van der Waals surface area (Å²) in [5.41, 5.74) is 0. The van der Waals surface area contributed by atoms with Crippen LogP contribution in [-0.4, -0.2) is 38.8 Å². The van der Waals surface area contributed by atoms with Crippen LogP contribution in [0, 0.1) is 0 Å². The summed E-state index contributed by atoms with van der Waals surface area (Å²) in [5.74, 6) is 1.55. The zero-order valence-corrected chi connectivity index (χ0v) is 13.1. The van der Waals surface area contributed by atoms with E-state index in [0.717, 1.165) is 17.9 Å². The van der Waals surface area contributed by atoms with E-state index >= 15 is 0 Å². The highest BCUT2D eigenvalue weighted by atomic mass is 16.5. The van der Waals surface area contributed by atoms with Crippen LogP contribution in [0.2, 0.25) is 0 Å². The van der Waals surface area contributed by atoms with Crippen LogP contribution >= 0.6 is 0 Å². The van der Waals surface area contributed by atoms with Gasteiger partial charge in [-0.1, -0.05) is 19.1 Å². The third-order valence-corrected chi connectivity index (χ3v) is 3.15. The summed E-state index contributed by atoms with van der Waals surface area (Å²) < 4.78 is 10.8. The van der Waals surface area contributed by atoms with Gasteiger partial charge in [-0.3, -0.25) is 4.79 Å². The van der Waals surface area contributed by atoms with E-state index in [4.69, 9.17) is 9.47 Å². The molecule has 1 rings (SSSR count). The normalized spacial score (nSPS) is 11.8. The van der Waals surface area contributed by atoms with E-state index in [1.165, 1.54) is 0 Å². The molecule has 0 saturated carbocycles. The second-order valence-corrected chi connectivity index (χ2v) is 4.88. The van der Waals surface area contributed by atoms with Gasteiger partial charge in [-0.05, 0) is 25.5 Å². The van der Waals surface area contributed by atoms with Crippen LogP contribution in [-0.2, 0) is 4.79 Å². The fourth-order valence-corrected chi connectivity index (χ4v) is 1.75. The van der Waals surface area contributed by atoms with Crippen LogP contribution in [0.5, 0.6) is 11.5 Å². The zero-order valence-electron chi connectivity index (χ0n) is 13.1. The Hall–Kier alpha value is -1.75. The summed E-state index contributed by atoms with van der Waals surface area (Å²) in [4.78, 5) is 11.6. The number of nitrogens with one attached hydrogen (secondary N) is 2. The highest BCUT2D eigenvalue weighted by molar-refractivity contribution is 5.76. The van der Waals surface area contributed by atoms with Crippen LogP contribution in [0.4, 0.5) is 0 Å². The van der Waals surface area contributed by atoms with Crippen LogP contribution in [0.25, 0.3) is 0 Å². The van der Waals surface area contributed by atoms with E-state index in [9.17, 15) is 4.79 Å². The molecule has 21 heavy (non-hydrogen) atoms. The first-order valence-electron chi connectivity index (χ1n) is 7.43. The molecule has 0 fully saturated rings. The first-order valence-corrected chi connectivity index (χ1v) is 7.43. The van der Waals surface area contributed by atoms with E-state index < -0.39 is 0 Å². The smallest absolute Gasteiger partial charge is 0.221 e. The van der Waals surface area contributed by atoms with Crippen LogP contribution < -0.4 is 20.1 Å². The number of carbonyl (C=O) groups is 1. The van der Waals surface area contributed by atoms with E-state index in [1.807, 2.05) is 31.2 Å². The van der Waals surface area contributed by atoms with Crippen molar-refractivity contribution in [2.45, 2.75) is 32.7 Å². The molecule has 0 aliphatic carbocycles. The van der Waals surface area contributed by atoms with Gasteiger partial charge in [0.1, 0.15) is 6.61 Å². The number of hydrogen-bond donors (Lipinski definition) is 2. The molecule has 0 saturated heterocycles. The summed E-state index contributed by atoms with van der Waals surface area (Å²) >= 11 is 0. The fraction of sp³-hybridized carbons (Fsp3) is 0.562. The SMILES string of the molecule is CCC(C)NC(=O)CCNCCOc1ccccc1OC. The maximum Gasteiger partial charge on any atom is 0.221 e. The minimum Gasteiger partial charge on any atom is -0.493 e. The molecule has 0 heterocycles. The largest absolute Gasteiger partial charge is 0.493 e. The van der Waals surface area contributed by atoms with Gasteiger partial charge in [0.05, 0.1) is 7.11 Å². The van der Waals surface area contributed by atoms with Gasteiger partial charge >= 0.3 is 0 Å². The van der Waals surface area contributed by atoms with Gasteiger partial charge in [-0.25, -0.2) is 0 Å². The molecule has 1 unspecified atom stereocenters. The lowest BCUT2D eigenvalue weighted by molar-refractivity contribution is -0.121. The lowest BCUT2D eigenvalue weighted by Crippen LogP contribution is -2.34. The average Bonchev–Trinajstić information content (AvgIpc) is 2.50. The number of ether oxygens (including phenoxy) is 2. The molecule has 1 aromatic rings. The van der Waals surface area contributed by atoms with Crippen molar-refractivity contribution < 1.29 is 14.3 Å². The van der Waals surface area contributed by atoms with E-state index in [0.29, 0.717) is 26.1 Å². The molecule has 118 valence electrons. The number of rotatable bonds is 10. The van der Waals surface area contributed by atoms with Crippen LogP contribution in [0.1, 0.15) is 26.7 Å². The molecule has 0 aliphatic heterocycles. The molecular formula is C16H26N2O3. The van der Waals surface area contributed by atoms with E-state index in [2.05, 4.69) is 17.6 Å². The monoisotopic (exact) mass is 294 g/mol. The van der Waals surface area contributed by atoms with Gasteiger partial charge in [-0.2, -0.15) is 0 Å². The van der Waals surface area contributed by atoms with Crippen molar-refractivity contribution in [3.8, 4) is 11.5 Å². The Morgan fingerprint density at radius 2 is 1.95 bits per heavy atom. The second kappa shape index (κ2) is 10.0. The molecule has 1 aromatic carbocycles. The molecule has 5 heteroatoms. The Labute approximate surface area is 127 Å². The molecule has 0 aromatic heterocycles. The Balaban J connectivity index is 2.11. The third kappa shape index (κ3) is 6.99. The molecule has 1 amide bonds. The maximum absolute atomic E-state index is 11.6. The molecule has 2 N–H and O–H groups in total. The minimum atomic E-state index is 0.0856. The van der Waals surface area contributed by atoms with Gasteiger partial charge in [-0.15, -0.1) is 0 Å². The lowest BCUT2D eigenvalue weighted by atomic mass is 10.2. The van der Waals surface area contributed by atoms with E-state index in [1.54, 1.807) is 7.11 Å². The summed E-state index contributed by atoms with van der Waals surface area (Å²) in [7, 11) is 1.62. The Kier molecular flexibility index (Phi) is 8.28. The predicted octanol–water partition coefficient (Wildman–Crippen LogP) is 1.97. The van der Waals surface area contributed by atoms with Crippen molar-refractivity contribution in [1.82, 2.24) is 10.6 Å². The van der Waals surface area contributed by atoms with Gasteiger partial charge in [0.25, 0.3) is 0 Å².